The first kappa shape index (κ1) is 17.4. The van der Waals surface area contributed by atoms with Gasteiger partial charge < -0.3 is 4.74 Å². The Balaban J connectivity index is 0.00000256. The molecular formula is C8H10Cl4F3NO. The van der Waals surface area contributed by atoms with E-state index in [1.807, 2.05) is 0 Å². The van der Waals surface area contributed by atoms with Crippen LogP contribution in [0.4, 0.5) is 13.2 Å². The van der Waals surface area contributed by atoms with Crippen molar-refractivity contribution < 1.29 is 17.9 Å². The lowest BCUT2D eigenvalue weighted by Crippen LogP contribution is -2.49. The summed E-state index contributed by atoms with van der Waals surface area (Å²) < 4.78 is 41.9. The van der Waals surface area contributed by atoms with E-state index in [1.54, 1.807) is 6.92 Å². The van der Waals surface area contributed by atoms with Crippen molar-refractivity contribution in [1.82, 2.24) is 0 Å². The van der Waals surface area contributed by atoms with Crippen molar-refractivity contribution in [2.24, 2.45) is 4.99 Å². The maximum atomic E-state index is 12.4. The number of hydrogen-bond acceptors (Lipinski definition) is 2. The van der Waals surface area contributed by atoms with Crippen molar-refractivity contribution in [1.29, 1.82) is 0 Å². The number of ether oxygens (including phenoxy) is 1. The largest absolute Gasteiger partial charge is 0.468 e. The first-order valence-corrected chi connectivity index (χ1v) is 5.65. The minimum absolute atomic E-state index is 0. The van der Waals surface area contributed by atoms with E-state index in [-0.39, 0.29) is 18.8 Å². The first-order chi connectivity index (χ1) is 7.07. The van der Waals surface area contributed by atoms with Crippen molar-refractivity contribution in [2.45, 2.75) is 41.9 Å². The molecule has 102 valence electrons. The average molecular weight is 335 g/mol. The van der Waals surface area contributed by atoms with Crippen molar-refractivity contribution in [3.8, 4) is 0 Å². The fourth-order valence-corrected chi connectivity index (χ4v) is 2.10. The van der Waals surface area contributed by atoms with Crippen LogP contribution in [0.25, 0.3) is 0 Å². The van der Waals surface area contributed by atoms with Gasteiger partial charge in [-0.2, -0.15) is 13.2 Å². The second-order valence-corrected chi connectivity index (χ2v) is 5.25. The van der Waals surface area contributed by atoms with E-state index < -0.39 is 27.5 Å². The summed E-state index contributed by atoms with van der Waals surface area (Å²) in [6.07, 6.45) is -4.48. The van der Waals surface area contributed by atoms with Crippen LogP contribution in [-0.4, -0.2) is 27.5 Å². The Labute approximate surface area is 118 Å². The third-order valence-corrected chi connectivity index (χ3v) is 4.08. The monoisotopic (exact) mass is 333 g/mol. The molecule has 2 unspecified atom stereocenters. The number of aliphatic imine (C=N–C) groups is 1. The second kappa shape index (κ2) is 5.19. The lowest BCUT2D eigenvalue weighted by atomic mass is 9.93. The van der Waals surface area contributed by atoms with Crippen LogP contribution in [0, 0.1) is 0 Å². The number of nitrogens with zero attached hydrogens (tertiary/aromatic N) is 1. The molecule has 1 aliphatic heterocycles. The normalized spacial score (nSPS) is 33.1. The second-order valence-electron chi connectivity index (χ2n) is 3.59. The molecule has 0 aromatic carbocycles. The Bertz CT molecular complexity index is 322. The molecular weight excluding hydrogens is 325 g/mol. The van der Waals surface area contributed by atoms with E-state index in [9.17, 15) is 13.2 Å². The highest BCUT2D eigenvalue weighted by molar-refractivity contribution is 6.49. The lowest BCUT2D eigenvalue weighted by Gasteiger charge is -2.35. The van der Waals surface area contributed by atoms with Gasteiger partial charge in [-0.15, -0.1) is 12.4 Å². The van der Waals surface area contributed by atoms with Crippen molar-refractivity contribution in [3.63, 3.8) is 0 Å². The molecule has 2 nitrogen and oxygen atoms in total. The van der Waals surface area contributed by atoms with Gasteiger partial charge in [-0.3, -0.25) is 0 Å². The van der Waals surface area contributed by atoms with Gasteiger partial charge in [0, 0.05) is 0 Å². The summed E-state index contributed by atoms with van der Waals surface area (Å²) in [4.78, 5) is 2.12. The van der Waals surface area contributed by atoms with E-state index in [2.05, 4.69) is 9.73 Å². The van der Waals surface area contributed by atoms with Gasteiger partial charge >= 0.3 is 6.18 Å². The molecule has 1 rings (SSSR count). The van der Waals surface area contributed by atoms with Gasteiger partial charge in [0.1, 0.15) is 5.54 Å². The summed E-state index contributed by atoms with van der Waals surface area (Å²) in [5.74, 6) is -1.39. The van der Waals surface area contributed by atoms with Gasteiger partial charge in [-0.25, -0.2) is 4.99 Å². The summed E-state index contributed by atoms with van der Waals surface area (Å²) in [5.41, 5.74) is -1.31. The van der Waals surface area contributed by atoms with Gasteiger partial charge in [-0.05, 0) is 13.3 Å². The van der Waals surface area contributed by atoms with Crippen LogP contribution < -0.4 is 0 Å². The Morgan fingerprint density at radius 1 is 1.41 bits per heavy atom. The molecule has 1 heterocycles. The molecule has 2 atom stereocenters. The Kier molecular flexibility index (Phi) is 5.32. The zero-order valence-corrected chi connectivity index (χ0v) is 11.9. The smallest absolute Gasteiger partial charge is 0.446 e. The van der Waals surface area contributed by atoms with Gasteiger partial charge in [0.2, 0.25) is 5.06 Å². The fourth-order valence-electron chi connectivity index (χ4n) is 1.29. The summed E-state index contributed by atoms with van der Waals surface area (Å²) in [7, 11) is 0. The number of halogens is 7. The van der Waals surface area contributed by atoms with Crippen molar-refractivity contribution in [2.75, 3.05) is 0 Å². The average Bonchev–Trinajstić information content (AvgIpc) is 2.41. The fraction of sp³-hybridized carbons (Fsp3) is 0.875. The van der Waals surface area contributed by atoms with Gasteiger partial charge in [0.25, 0.3) is 5.90 Å². The van der Waals surface area contributed by atoms with Crippen LogP contribution in [0.2, 0.25) is 0 Å². The number of hydrogen-bond donors (Lipinski definition) is 0. The van der Waals surface area contributed by atoms with E-state index >= 15 is 0 Å². The Morgan fingerprint density at radius 3 is 2.12 bits per heavy atom. The zero-order chi connectivity index (χ0) is 12.8. The van der Waals surface area contributed by atoms with Crippen molar-refractivity contribution in [3.05, 3.63) is 0 Å². The van der Waals surface area contributed by atoms with Crippen molar-refractivity contribution >= 4 is 53.1 Å². The van der Waals surface area contributed by atoms with Crippen LogP contribution >= 0.6 is 47.2 Å². The first-order valence-electron chi connectivity index (χ1n) is 4.40. The quantitative estimate of drug-likeness (QED) is 0.690. The summed E-state index contributed by atoms with van der Waals surface area (Å²) >= 11 is 17.1. The SMILES string of the molecule is CCC1(C)N=C(C(F)(F)F)OC1(Cl)C(Cl)Cl.Cl. The number of rotatable bonds is 2. The Morgan fingerprint density at radius 2 is 1.88 bits per heavy atom. The minimum atomic E-state index is -4.70. The molecule has 0 spiro atoms. The van der Waals surface area contributed by atoms with E-state index in [4.69, 9.17) is 34.8 Å². The summed E-state index contributed by atoms with van der Waals surface area (Å²) in [6, 6.07) is 0. The predicted molar refractivity (Wildman–Crippen MR) is 64.6 cm³/mol. The van der Waals surface area contributed by atoms with E-state index in [1.165, 1.54) is 6.92 Å². The third-order valence-electron chi connectivity index (χ3n) is 2.54. The molecule has 0 radical (unpaired) electrons. The number of alkyl halides is 6. The molecule has 17 heavy (non-hydrogen) atoms. The van der Waals surface area contributed by atoms with Gasteiger partial charge in [0.05, 0.1) is 0 Å². The molecule has 0 N–H and O–H groups in total. The Hall–Kier alpha value is 0.420. The summed E-state index contributed by atoms with van der Waals surface area (Å²) in [5, 5.41) is -1.89. The molecule has 0 aromatic rings. The summed E-state index contributed by atoms with van der Waals surface area (Å²) in [6.45, 7) is 3.04. The molecule has 0 saturated heterocycles. The molecule has 9 heteroatoms. The van der Waals surface area contributed by atoms with Crippen LogP contribution in [0.15, 0.2) is 4.99 Å². The molecule has 1 aliphatic rings. The van der Waals surface area contributed by atoms with E-state index in [0.717, 1.165) is 0 Å². The molecule has 0 fully saturated rings. The predicted octanol–water partition coefficient (Wildman–Crippen LogP) is 4.31. The topological polar surface area (TPSA) is 21.6 Å². The van der Waals surface area contributed by atoms with Crippen LogP contribution in [-0.2, 0) is 4.74 Å². The molecule has 0 aromatic heterocycles. The van der Waals surface area contributed by atoms with Crippen LogP contribution in [0.5, 0.6) is 0 Å². The standard InChI is InChI=1S/C8H9Cl3F3NO.ClH/c1-3-6(2)7(11,4(9)10)16-5(15-6)8(12,13)14;/h4H,3H2,1-2H3;1H. The maximum Gasteiger partial charge on any atom is 0.468 e. The molecule has 0 bridgehead atoms. The highest BCUT2D eigenvalue weighted by Crippen LogP contribution is 2.49. The highest BCUT2D eigenvalue weighted by Gasteiger charge is 2.62. The lowest BCUT2D eigenvalue weighted by molar-refractivity contribution is -0.0820. The maximum absolute atomic E-state index is 12.4. The van der Waals surface area contributed by atoms with E-state index in [0.29, 0.717) is 0 Å². The molecule has 0 amide bonds. The third kappa shape index (κ3) is 2.88. The zero-order valence-electron chi connectivity index (χ0n) is 8.82. The van der Waals surface area contributed by atoms with Gasteiger partial charge in [-0.1, -0.05) is 41.7 Å². The molecule has 0 aliphatic carbocycles. The van der Waals surface area contributed by atoms with Crippen LogP contribution in [0.3, 0.4) is 0 Å². The molecule has 0 saturated carbocycles. The van der Waals surface area contributed by atoms with Gasteiger partial charge in [0.15, 0.2) is 4.84 Å². The van der Waals surface area contributed by atoms with Crippen LogP contribution in [0.1, 0.15) is 20.3 Å². The minimum Gasteiger partial charge on any atom is -0.446 e. The highest BCUT2D eigenvalue weighted by atomic mass is 35.5.